The molecule has 0 spiro atoms. The van der Waals surface area contributed by atoms with E-state index in [4.69, 9.17) is 9.47 Å². The molecular weight excluding hydrogens is 220 g/mol. The summed E-state index contributed by atoms with van der Waals surface area (Å²) in [5, 5.41) is 1.00. The van der Waals surface area contributed by atoms with Crippen molar-refractivity contribution in [3.8, 4) is 0 Å². The first-order valence-corrected chi connectivity index (χ1v) is 5.79. The molecule has 0 bridgehead atoms. The van der Waals surface area contributed by atoms with Crippen LogP contribution < -0.4 is 0 Å². The molecule has 0 aliphatic carbocycles. The lowest BCUT2D eigenvalue weighted by atomic mass is 10.1. The van der Waals surface area contributed by atoms with Gasteiger partial charge in [0.1, 0.15) is 0 Å². The molecule has 3 heteroatoms. The quantitative estimate of drug-likeness (QED) is 0.699. The summed E-state index contributed by atoms with van der Waals surface area (Å²) in [6.45, 7) is 3.71. The van der Waals surface area contributed by atoms with Gasteiger partial charge in [0.05, 0.1) is 25.4 Å². The van der Waals surface area contributed by atoms with E-state index in [0.717, 1.165) is 31.4 Å². The Hall–Kier alpha value is 0.400. The van der Waals surface area contributed by atoms with Gasteiger partial charge in [0.25, 0.3) is 0 Å². The molecule has 72 valence electrons. The maximum Gasteiger partial charge on any atom is 0.0845 e. The molecule has 2 atom stereocenters. The number of rotatable bonds is 4. The van der Waals surface area contributed by atoms with Gasteiger partial charge >= 0.3 is 0 Å². The van der Waals surface area contributed by atoms with Gasteiger partial charge in [0, 0.05) is 5.33 Å². The molecule has 1 rings (SSSR count). The predicted octanol–water partition coefficient (Wildman–Crippen LogP) is 2.36. The lowest BCUT2D eigenvalue weighted by Crippen LogP contribution is -2.38. The number of hydrogen-bond donors (Lipinski definition) is 0. The van der Waals surface area contributed by atoms with Crippen LogP contribution in [0.1, 0.15) is 26.2 Å². The third-order valence-corrected chi connectivity index (χ3v) is 2.59. The highest BCUT2D eigenvalue weighted by molar-refractivity contribution is 9.09. The largest absolute Gasteiger partial charge is 0.373 e. The summed E-state index contributed by atoms with van der Waals surface area (Å²) in [6.07, 6.45) is 4.01. The molecule has 0 radical (unpaired) electrons. The van der Waals surface area contributed by atoms with Crippen LogP contribution in [0.5, 0.6) is 0 Å². The van der Waals surface area contributed by atoms with E-state index in [9.17, 15) is 0 Å². The SMILES string of the molecule is CCC[C@H]1OCCO[C@H]1CCBr. The van der Waals surface area contributed by atoms with Gasteiger partial charge in [-0.2, -0.15) is 0 Å². The van der Waals surface area contributed by atoms with Gasteiger partial charge in [0.15, 0.2) is 0 Å². The Morgan fingerprint density at radius 3 is 2.25 bits per heavy atom. The van der Waals surface area contributed by atoms with Crippen LogP contribution >= 0.6 is 15.9 Å². The van der Waals surface area contributed by atoms with Crippen LogP contribution in [0.2, 0.25) is 0 Å². The Balaban J connectivity index is 2.31. The molecule has 1 heterocycles. The fraction of sp³-hybridized carbons (Fsp3) is 1.00. The first-order chi connectivity index (χ1) is 5.88. The Morgan fingerprint density at radius 2 is 1.75 bits per heavy atom. The summed E-state index contributed by atoms with van der Waals surface area (Å²) in [5.74, 6) is 0. The molecular formula is C9H17BrO2. The van der Waals surface area contributed by atoms with Gasteiger partial charge in [0.2, 0.25) is 0 Å². The third kappa shape index (κ3) is 3.04. The molecule has 0 aromatic heterocycles. The smallest absolute Gasteiger partial charge is 0.0845 e. The van der Waals surface area contributed by atoms with Crippen molar-refractivity contribution >= 4 is 15.9 Å². The van der Waals surface area contributed by atoms with Gasteiger partial charge in [-0.3, -0.25) is 0 Å². The van der Waals surface area contributed by atoms with Crippen LogP contribution in [0.25, 0.3) is 0 Å². The van der Waals surface area contributed by atoms with Crippen molar-refractivity contribution in [2.45, 2.75) is 38.4 Å². The normalized spacial score (nSPS) is 30.5. The molecule has 2 nitrogen and oxygen atoms in total. The maximum atomic E-state index is 5.64. The van der Waals surface area contributed by atoms with Gasteiger partial charge in [-0.15, -0.1) is 0 Å². The van der Waals surface area contributed by atoms with Crippen LogP contribution in [0.3, 0.4) is 0 Å². The molecule has 0 saturated carbocycles. The molecule has 0 amide bonds. The van der Waals surface area contributed by atoms with Crippen LogP contribution in [-0.2, 0) is 9.47 Å². The van der Waals surface area contributed by atoms with Crippen molar-refractivity contribution in [2.75, 3.05) is 18.5 Å². The number of hydrogen-bond acceptors (Lipinski definition) is 2. The summed E-state index contributed by atoms with van der Waals surface area (Å²) >= 11 is 3.43. The molecule has 0 unspecified atom stereocenters. The second-order valence-corrected chi connectivity index (χ2v) is 3.88. The van der Waals surface area contributed by atoms with Crippen molar-refractivity contribution in [1.82, 2.24) is 0 Å². The van der Waals surface area contributed by atoms with Gasteiger partial charge in [-0.25, -0.2) is 0 Å². The van der Waals surface area contributed by atoms with E-state index in [1.165, 1.54) is 6.42 Å². The van der Waals surface area contributed by atoms with Crippen LogP contribution in [0, 0.1) is 0 Å². The van der Waals surface area contributed by atoms with Crippen molar-refractivity contribution in [1.29, 1.82) is 0 Å². The molecule has 0 aromatic carbocycles. The van der Waals surface area contributed by atoms with Crippen LogP contribution in [0.4, 0.5) is 0 Å². The third-order valence-electron chi connectivity index (χ3n) is 2.13. The zero-order valence-corrected chi connectivity index (χ0v) is 9.18. The molecule has 1 aliphatic heterocycles. The van der Waals surface area contributed by atoms with E-state index < -0.39 is 0 Å². The molecule has 1 aliphatic rings. The molecule has 12 heavy (non-hydrogen) atoms. The van der Waals surface area contributed by atoms with E-state index >= 15 is 0 Å². The molecule has 1 saturated heterocycles. The number of alkyl halides is 1. The highest BCUT2D eigenvalue weighted by Crippen LogP contribution is 2.18. The summed E-state index contributed by atoms with van der Waals surface area (Å²) in [5.41, 5.74) is 0. The number of ether oxygens (including phenoxy) is 2. The fourth-order valence-corrected chi connectivity index (χ4v) is 2.00. The minimum atomic E-state index is 0.318. The zero-order valence-electron chi connectivity index (χ0n) is 7.59. The first-order valence-electron chi connectivity index (χ1n) is 4.67. The summed E-state index contributed by atoms with van der Waals surface area (Å²) < 4.78 is 11.3. The zero-order chi connectivity index (χ0) is 8.81. The summed E-state index contributed by atoms with van der Waals surface area (Å²) in [7, 11) is 0. The lowest BCUT2D eigenvalue weighted by molar-refractivity contribution is -0.142. The predicted molar refractivity (Wildman–Crippen MR) is 52.8 cm³/mol. The Bertz CT molecular complexity index is 101. The Kier molecular flexibility index (Phi) is 5.19. The standard InChI is InChI=1S/C9H17BrO2/c1-2-3-8-9(4-5-10)12-7-6-11-8/h8-9H,2-7H2,1H3/t8-,9+/m1/s1. The Labute approximate surface area is 82.7 Å². The maximum absolute atomic E-state index is 5.64. The van der Waals surface area contributed by atoms with Crippen LogP contribution in [0.15, 0.2) is 0 Å². The topological polar surface area (TPSA) is 18.5 Å². The van der Waals surface area contributed by atoms with Crippen molar-refractivity contribution in [3.05, 3.63) is 0 Å². The van der Waals surface area contributed by atoms with Crippen molar-refractivity contribution in [3.63, 3.8) is 0 Å². The summed E-state index contributed by atoms with van der Waals surface area (Å²) in [6, 6.07) is 0. The first kappa shape index (κ1) is 10.5. The summed E-state index contributed by atoms with van der Waals surface area (Å²) in [4.78, 5) is 0. The second-order valence-electron chi connectivity index (χ2n) is 3.08. The second kappa shape index (κ2) is 5.95. The molecule has 1 fully saturated rings. The Morgan fingerprint density at radius 1 is 1.17 bits per heavy atom. The molecule has 0 aromatic rings. The van der Waals surface area contributed by atoms with Crippen molar-refractivity contribution in [2.24, 2.45) is 0 Å². The van der Waals surface area contributed by atoms with E-state index in [1.54, 1.807) is 0 Å². The van der Waals surface area contributed by atoms with E-state index in [-0.39, 0.29) is 0 Å². The van der Waals surface area contributed by atoms with Crippen molar-refractivity contribution < 1.29 is 9.47 Å². The number of halogens is 1. The highest BCUT2D eigenvalue weighted by Gasteiger charge is 2.24. The van der Waals surface area contributed by atoms with E-state index in [2.05, 4.69) is 22.9 Å². The lowest BCUT2D eigenvalue weighted by Gasteiger charge is -2.31. The van der Waals surface area contributed by atoms with Crippen LogP contribution in [-0.4, -0.2) is 30.8 Å². The van der Waals surface area contributed by atoms with Gasteiger partial charge in [-0.05, 0) is 12.8 Å². The highest BCUT2D eigenvalue weighted by atomic mass is 79.9. The van der Waals surface area contributed by atoms with E-state index in [0.29, 0.717) is 12.2 Å². The minimum absolute atomic E-state index is 0.318. The average molecular weight is 237 g/mol. The minimum Gasteiger partial charge on any atom is -0.373 e. The average Bonchev–Trinajstić information content (AvgIpc) is 2.09. The van der Waals surface area contributed by atoms with Gasteiger partial charge < -0.3 is 9.47 Å². The van der Waals surface area contributed by atoms with E-state index in [1.807, 2.05) is 0 Å². The monoisotopic (exact) mass is 236 g/mol. The molecule has 0 N–H and O–H groups in total. The fourth-order valence-electron chi connectivity index (χ4n) is 1.54. The van der Waals surface area contributed by atoms with Gasteiger partial charge in [-0.1, -0.05) is 29.3 Å².